The number of halogens is 2. The summed E-state index contributed by atoms with van der Waals surface area (Å²) in [5.74, 6) is -1.55. The van der Waals surface area contributed by atoms with Gasteiger partial charge in [-0.05, 0) is 24.1 Å². The van der Waals surface area contributed by atoms with Crippen LogP contribution < -0.4 is 11.1 Å². The van der Waals surface area contributed by atoms with Gasteiger partial charge in [0, 0.05) is 13.0 Å². The molecule has 0 aliphatic carbocycles. The van der Waals surface area contributed by atoms with E-state index in [1.165, 1.54) is 0 Å². The number of carbonyl (C=O) groups excluding carboxylic acids is 1. The summed E-state index contributed by atoms with van der Waals surface area (Å²) in [6.45, 7) is 0.351. The van der Waals surface area contributed by atoms with Crippen LogP contribution in [0.25, 0.3) is 0 Å². The molecule has 1 rings (SSSR count). The smallest absolute Gasteiger partial charge is 0.303 e. The fraction of sp³-hybridized carbons (Fsp3) is 0.333. The second-order valence-corrected chi connectivity index (χ2v) is 4.83. The molecular formula is C12H14Cl2N2O3. The topological polar surface area (TPSA) is 92.4 Å². The lowest BCUT2D eigenvalue weighted by Crippen LogP contribution is -2.41. The van der Waals surface area contributed by atoms with Crippen LogP contribution in [0.2, 0.25) is 10.0 Å². The molecule has 0 aliphatic rings. The number of amides is 1. The standard InChI is InChI=1S/C12H14Cl2N2O3/c13-8-2-1-7(5-9(8)14)6-16-10(12(15)19)3-4-11(17)18/h1-2,5,10,16H,3-4,6H2,(H2,15,19)(H,17,18)/t10-/m0/s1. The summed E-state index contributed by atoms with van der Waals surface area (Å²) >= 11 is 11.7. The molecular weight excluding hydrogens is 291 g/mol. The van der Waals surface area contributed by atoms with Gasteiger partial charge in [0.2, 0.25) is 5.91 Å². The number of carboxylic acids is 1. The van der Waals surface area contributed by atoms with Crippen molar-refractivity contribution in [3.05, 3.63) is 33.8 Å². The summed E-state index contributed by atoms with van der Waals surface area (Å²) in [6.07, 6.45) is 0.0218. The van der Waals surface area contributed by atoms with Crippen molar-refractivity contribution in [3.8, 4) is 0 Å². The lowest BCUT2D eigenvalue weighted by atomic mass is 10.1. The molecule has 0 saturated carbocycles. The fourth-order valence-corrected chi connectivity index (χ4v) is 1.82. The molecule has 7 heteroatoms. The van der Waals surface area contributed by atoms with Crippen LogP contribution in [0.3, 0.4) is 0 Å². The zero-order valence-corrected chi connectivity index (χ0v) is 11.5. The van der Waals surface area contributed by atoms with Crippen LogP contribution in [-0.4, -0.2) is 23.0 Å². The maximum absolute atomic E-state index is 11.2. The summed E-state index contributed by atoms with van der Waals surface area (Å²) in [5, 5.41) is 12.3. The summed E-state index contributed by atoms with van der Waals surface area (Å²) in [7, 11) is 0. The number of benzene rings is 1. The first kappa shape index (κ1) is 15.8. The van der Waals surface area contributed by atoms with E-state index < -0.39 is 17.9 Å². The van der Waals surface area contributed by atoms with Crippen LogP contribution in [0.5, 0.6) is 0 Å². The highest BCUT2D eigenvalue weighted by Gasteiger charge is 2.16. The zero-order valence-electron chi connectivity index (χ0n) is 10.0. The van der Waals surface area contributed by atoms with E-state index in [0.29, 0.717) is 16.6 Å². The fourth-order valence-electron chi connectivity index (χ4n) is 1.50. The van der Waals surface area contributed by atoms with Crippen molar-refractivity contribution in [1.82, 2.24) is 5.32 Å². The minimum Gasteiger partial charge on any atom is -0.481 e. The first-order valence-electron chi connectivity index (χ1n) is 5.58. The van der Waals surface area contributed by atoms with Crippen molar-refractivity contribution in [2.75, 3.05) is 0 Å². The Bertz CT molecular complexity index is 480. The molecule has 0 heterocycles. The predicted molar refractivity (Wildman–Crippen MR) is 73.2 cm³/mol. The molecule has 1 aromatic rings. The Morgan fingerprint density at radius 3 is 2.53 bits per heavy atom. The minimum absolute atomic E-state index is 0.123. The molecule has 104 valence electrons. The number of nitrogens with two attached hydrogens (primary N) is 1. The largest absolute Gasteiger partial charge is 0.481 e. The number of carboxylic acid groups (broad SMARTS) is 1. The van der Waals surface area contributed by atoms with E-state index in [1.807, 2.05) is 0 Å². The van der Waals surface area contributed by atoms with Crippen LogP contribution in [0, 0.1) is 0 Å². The minimum atomic E-state index is -0.970. The Balaban J connectivity index is 2.57. The van der Waals surface area contributed by atoms with Gasteiger partial charge in [-0.15, -0.1) is 0 Å². The number of hydrogen-bond acceptors (Lipinski definition) is 3. The van der Waals surface area contributed by atoms with Crippen molar-refractivity contribution in [2.24, 2.45) is 5.73 Å². The summed E-state index contributed by atoms with van der Waals surface area (Å²) in [5.41, 5.74) is 6.03. The molecule has 1 aromatic carbocycles. The van der Waals surface area contributed by atoms with Crippen LogP contribution in [0.4, 0.5) is 0 Å². The zero-order chi connectivity index (χ0) is 14.4. The summed E-state index contributed by atoms with van der Waals surface area (Å²) < 4.78 is 0. The molecule has 0 aromatic heterocycles. The van der Waals surface area contributed by atoms with Gasteiger partial charge in [0.15, 0.2) is 0 Å². The Hall–Kier alpha value is -1.30. The molecule has 0 aliphatic heterocycles. The SMILES string of the molecule is NC(=O)[C@H](CCC(=O)O)NCc1ccc(Cl)c(Cl)c1. The van der Waals surface area contributed by atoms with Crippen molar-refractivity contribution in [2.45, 2.75) is 25.4 Å². The lowest BCUT2D eigenvalue weighted by Gasteiger charge is -2.14. The molecule has 0 saturated heterocycles. The summed E-state index contributed by atoms with van der Waals surface area (Å²) in [4.78, 5) is 21.6. The second kappa shape index (κ2) is 7.33. The molecule has 19 heavy (non-hydrogen) atoms. The molecule has 1 amide bonds. The van der Waals surface area contributed by atoms with Gasteiger partial charge >= 0.3 is 5.97 Å². The first-order chi connectivity index (χ1) is 8.90. The molecule has 0 fully saturated rings. The average Bonchev–Trinajstić information content (AvgIpc) is 2.32. The molecule has 5 nitrogen and oxygen atoms in total. The third kappa shape index (κ3) is 5.46. The Labute approximate surface area is 120 Å². The summed E-state index contributed by atoms with van der Waals surface area (Å²) in [6, 6.07) is 4.39. The maximum atomic E-state index is 11.2. The van der Waals surface area contributed by atoms with E-state index in [-0.39, 0.29) is 12.8 Å². The molecule has 0 bridgehead atoms. The maximum Gasteiger partial charge on any atom is 0.303 e. The number of aliphatic carboxylic acids is 1. The molecule has 0 unspecified atom stereocenters. The van der Waals surface area contributed by atoms with Crippen molar-refractivity contribution in [1.29, 1.82) is 0 Å². The number of primary amides is 1. The van der Waals surface area contributed by atoms with Gasteiger partial charge in [-0.3, -0.25) is 9.59 Å². The highest BCUT2D eigenvalue weighted by atomic mass is 35.5. The Kier molecular flexibility index (Phi) is 6.08. The average molecular weight is 305 g/mol. The highest BCUT2D eigenvalue weighted by Crippen LogP contribution is 2.22. The third-order valence-corrected chi connectivity index (χ3v) is 3.27. The van der Waals surface area contributed by atoms with Crippen LogP contribution in [0.1, 0.15) is 18.4 Å². The van der Waals surface area contributed by atoms with Gasteiger partial charge < -0.3 is 16.2 Å². The van der Waals surface area contributed by atoms with Gasteiger partial charge in [0.25, 0.3) is 0 Å². The first-order valence-corrected chi connectivity index (χ1v) is 6.34. The number of hydrogen-bond donors (Lipinski definition) is 3. The predicted octanol–water partition coefficient (Wildman–Crippen LogP) is 1.80. The van der Waals surface area contributed by atoms with E-state index in [2.05, 4.69) is 5.32 Å². The molecule has 4 N–H and O–H groups in total. The van der Waals surface area contributed by atoms with Crippen molar-refractivity contribution in [3.63, 3.8) is 0 Å². The third-order valence-electron chi connectivity index (χ3n) is 2.53. The van der Waals surface area contributed by atoms with Crippen LogP contribution in [0.15, 0.2) is 18.2 Å². The Morgan fingerprint density at radius 2 is 2.00 bits per heavy atom. The number of nitrogens with one attached hydrogen (secondary N) is 1. The number of rotatable bonds is 7. The van der Waals surface area contributed by atoms with Gasteiger partial charge in [0.05, 0.1) is 16.1 Å². The quantitative estimate of drug-likeness (QED) is 0.716. The van der Waals surface area contributed by atoms with E-state index >= 15 is 0 Å². The Morgan fingerprint density at radius 1 is 1.32 bits per heavy atom. The lowest BCUT2D eigenvalue weighted by molar-refractivity contribution is -0.137. The van der Waals surface area contributed by atoms with Crippen LogP contribution >= 0.6 is 23.2 Å². The van der Waals surface area contributed by atoms with Gasteiger partial charge in [-0.25, -0.2) is 0 Å². The van der Waals surface area contributed by atoms with E-state index in [4.69, 9.17) is 34.0 Å². The van der Waals surface area contributed by atoms with Gasteiger partial charge in [-0.1, -0.05) is 29.3 Å². The second-order valence-electron chi connectivity index (χ2n) is 4.02. The van der Waals surface area contributed by atoms with Crippen molar-refractivity contribution < 1.29 is 14.7 Å². The van der Waals surface area contributed by atoms with E-state index in [9.17, 15) is 9.59 Å². The van der Waals surface area contributed by atoms with E-state index in [0.717, 1.165) is 5.56 Å². The van der Waals surface area contributed by atoms with E-state index in [1.54, 1.807) is 18.2 Å². The normalized spacial score (nSPS) is 12.1. The van der Waals surface area contributed by atoms with Crippen LogP contribution in [-0.2, 0) is 16.1 Å². The van der Waals surface area contributed by atoms with Gasteiger partial charge in [0.1, 0.15) is 0 Å². The molecule has 0 spiro atoms. The van der Waals surface area contributed by atoms with Crippen molar-refractivity contribution >= 4 is 35.1 Å². The molecule has 0 radical (unpaired) electrons. The highest BCUT2D eigenvalue weighted by molar-refractivity contribution is 6.42. The monoisotopic (exact) mass is 304 g/mol. The molecule has 1 atom stereocenters. The number of carbonyl (C=O) groups is 2. The van der Waals surface area contributed by atoms with Gasteiger partial charge in [-0.2, -0.15) is 0 Å².